The number of aliphatic hydroxyl groups is 1. The Balaban J connectivity index is 2.17. The molecule has 8 nitrogen and oxygen atoms in total. The van der Waals surface area contributed by atoms with E-state index in [9.17, 15) is 15.2 Å². The van der Waals surface area contributed by atoms with Crippen molar-refractivity contribution in [1.29, 1.82) is 0 Å². The summed E-state index contributed by atoms with van der Waals surface area (Å²) in [6.45, 7) is 4.99. The summed E-state index contributed by atoms with van der Waals surface area (Å²) in [4.78, 5) is 14.7. The predicted octanol–water partition coefficient (Wildman–Crippen LogP) is 1.37. The quantitative estimate of drug-likeness (QED) is 0.537. The minimum absolute atomic E-state index is 0.119. The number of rotatable bonds is 6. The van der Waals surface area contributed by atoms with Crippen molar-refractivity contribution >= 4 is 17.3 Å². The number of hydrogen-bond acceptors (Lipinski definition) is 7. The van der Waals surface area contributed by atoms with E-state index >= 15 is 0 Å². The molecule has 0 amide bonds. The molecule has 2 unspecified atom stereocenters. The van der Waals surface area contributed by atoms with Crippen LogP contribution in [0.2, 0.25) is 0 Å². The van der Waals surface area contributed by atoms with Gasteiger partial charge in [0.05, 0.1) is 11.0 Å². The Morgan fingerprint density at radius 1 is 1.57 bits per heavy atom. The Hall–Kier alpha value is -1.93. The Morgan fingerprint density at radius 2 is 2.33 bits per heavy atom. The van der Waals surface area contributed by atoms with Crippen LogP contribution in [0.25, 0.3) is 0 Å². The molecule has 1 aliphatic heterocycles. The first-order valence-electron chi connectivity index (χ1n) is 6.93. The highest BCUT2D eigenvalue weighted by Gasteiger charge is 2.39. The maximum Gasteiger partial charge on any atom is 0.311 e. The molecule has 0 radical (unpaired) electrons. The molecule has 3 N–H and O–H groups in total. The first-order valence-corrected chi connectivity index (χ1v) is 6.93. The van der Waals surface area contributed by atoms with Gasteiger partial charge in [0, 0.05) is 32.2 Å². The molecule has 1 aliphatic rings. The fourth-order valence-electron chi connectivity index (χ4n) is 2.25. The summed E-state index contributed by atoms with van der Waals surface area (Å²) in [6.07, 6.45) is 0.169. The Bertz CT molecular complexity index is 525. The number of anilines is 2. The molecule has 8 heteroatoms. The largest absolute Gasteiger partial charge is 0.385 e. The van der Waals surface area contributed by atoms with Gasteiger partial charge in [0.25, 0.3) is 0 Å². The molecule has 116 valence electrons. The lowest BCUT2D eigenvalue weighted by Gasteiger charge is -2.26. The molecule has 1 aromatic heterocycles. The lowest BCUT2D eigenvalue weighted by molar-refractivity contribution is -0.384. The molecule has 0 saturated carbocycles. The van der Waals surface area contributed by atoms with Crippen LogP contribution < -0.4 is 10.6 Å². The third-order valence-electron chi connectivity index (χ3n) is 3.65. The van der Waals surface area contributed by atoms with E-state index in [1.54, 1.807) is 13.0 Å². The minimum atomic E-state index is -1.04. The molecule has 0 bridgehead atoms. The number of pyridine rings is 1. The van der Waals surface area contributed by atoms with Gasteiger partial charge in [0.15, 0.2) is 0 Å². The minimum Gasteiger partial charge on any atom is -0.385 e. The SMILES string of the molecule is CCNc1ccc([N+](=O)[O-])c(NCC2(O)CCOC2C)n1. The van der Waals surface area contributed by atoms with Crippen LogP contribution in [0.3, 0.4) is 0 Å². The van der Waals surface area contributed by atoms with E-state index in [0.29, 0.717) is 25.4 Å². The van der Waals surface area contributed by atoms with Gasteiger partial charge in [-0.2, -0.15) is 0 Å². The van der Waals surface area contributed by atoms with Crippen molar-refractivity contribution in [2.24, 2.45) is 0 Å². The smallest absolute Gasteiger partial charge is 0.311 e. The molecular formula is C13H20N4O4. The molecule has 0 spiro atoms. The third kappa shape index (κ3) is 3.40. The van der Waals surface area contributed by atoms with E-state index < -0.39 is 10.5 Å². The number of ether oxygens (including phenoxy) is 1. The highest BCUT2D eigenvalue weighted by Crippen LogP contribution is 2.28. The zero-order valence-electron chi connectivity index (χ0n) is 12.1. The molecule has 2 atom stereocenters. The summed E-state index contributed by atoms with van der Waals surface area (Å²) in [7, 11) is 0. The van der Waals surface area contributed by atoms with Crippen LogP contribution in [0.15, 0.2) is 12.1 Å². The molecular weight excluding hydrogens is 276 g/mol. The van der Waals surface area contributed by atoms with Crippen LogP contribution in [-0.2, 0) is 4.74 Å². The maximum atomic E-state index is 11.0. The Labute approximate surface area is 122 Å². The van der Waals surface area contributed by atoms with Crippen LogP contribution in [0.5, 0.6) is 0 Å². The topological polar surface area (TPSA) is 110 Å². The van der Waals surface area contributed by atoms with Gasteiger partial charge in [-0.1, -0.05) is 0 Å². The summed E-state index contributed by atoms with van der Waals surface area (Å²) in [6, 6.07) is 2.95. The van der Waals surface area contributed by atoms with E-state index in [-0.39, 0.29) is 24.2 Å². The molecule has 2 heterocycles. The summed E-state index contributed by atoms with van der Waals surface area (Å²) in [5.74, 6) is 0.694. The summed E-state index contributed by atoms with van der Waals surface area (Å²) >= 11 is 0. The van der Waals surface area contributed by atoms with Gasteiger partial charge in [0.1, 0.15) is 11.4 Å². The highest BCUT2D eigenvalue weighted by atomic mass is 16.6. The lowest BCUT2D eigenvalue weighted by atomic mass is 9.97. The molecule has 0 aliphatic carbocycles. The summed E-state index contributed by atoms with van der Waals surface area (Å²) in [5, 5.41) is 27.4. The number of aromatic nitrogens is 1. The zero-order valence-corrected chi connectivity index (χ0v) is 12.1. The normalized spacial score (nSPS) is 24.8. The molecule has 2 rings (SSSR count). The summed E-state index contributed by atoms with van der Waals surface area (Å²) < 4.78 is 5.34. The van der Waals surface area contributed by atoms with E-state index in [1.165, 1.54) is 6.07 Å². The van der Waals surface area contributed by atoms with E-state index in [2.05, 4.69) is 15.6 Å². The molecule has 1 aromatic rings. The van der Waals surface area contributed by atoms with Crippen molar-refractivity contribution in [2.45, 2.75) is 32.0 Å². The van der Waals surface area contributed by atoms with Crippen LogP contribution in [0.4, 0.5) is 17.3 Å². The monoisotopic (exact) mass is 296 g/mol. The lowest BCUT2D eigenvalue weighted by Crippen LogP contribution is -2.43. The van der Waals surface area contributed by atoms with Crippen molar-refractivity contribution in [3.05, 3.63) is 22.2 Å². The highest BCUT2D eigenvalue weighted by molar-refractivity contribution is 5.60. The average molecular weight is 296 g/mol. The van der Waals surface area contributed by atoms with Gasteiger partial charge in [-0.05, 0) is 19.9 Å². The van der Waals surface area contributed by atoms with Crippen molar-refractivity contribution in [3.63, 3.8) is 0 Å². The van der Waals surface area contributed by atoms with Crippen molar-refractivity contribution < 1.29 is 14.8 Å². The predicted molar refractivity (Wildman–Crippen MR) is 78.5 cm³/mol. The fraction of sp³-hybridized carbons (Fsp3) is 0.615. The molecule has 21 heavy (non-hydrogen) atoms. The van der Waals surface area contributed by atoms with Crippen molar-refractivity contribution in [3.8, 4) is 0 Å². The average Bonchev–Trinajstić information content (AvgIpc) is 2.77. The van der Waals surface area contributed by atoms with Crippen LogP contribution in [0.1, 0.15) is 20.3 Å². The molecule has 0 aromatic carbocycles. The van der Waals surface area contributed by atoms with E-state index in [4.69, 9.17) is 4.74 Å². The third-order valence-corrected chi connectivity index (χ3v) is 3.65. The Kier molecular flexibility index (Phi) is 4.59. The van der Waals surface area contributed by atoms with Crippen LogP contribution in [-0.4, -0.2) is 46.4 Å². The number of nitro groups is 1. The van der Waals surface area contributed by atoms with Crippen molar-refractivity contribution in [1.82, 2.24) is 4.98 Å². The van der Waals surface area contributed by atoms with Gasteiger partial charge in [-0.15, -0.1) is 0 Å². The second-order valence-electron chi connectivity index (χ2n) is 5.07. The zero-order chi connectivity index (χ0) is 15.5. The van der Waals surface area contributed by atoms with Gasteiger partial charge in [0.2, 0.25) is 5.82 Å². The first-order chi connectivity index (χ1) is 9.96. The van der Waals surface area contributed by atoms with Gasteiger partial charge < -0.3 is 20.5 Å². The fourth-order valence-corrected chi connectivity index (χ4v) is 2.25. The second-order valence-corrected chi connectivity index (χ2v) is 5.07. The Morgan fingerprint density at radius 3 is 2.90 bits per heavy atom. The number of hydrogen-bond donors (Lipinski definition) is 3. The van der Waals surface area contributed by atoms with Gasteiger partial charge in [-0.25, -0.2) is 4.98 Å². The van der Waals surface area contributed by atoms with Crippen molar-refractivity contribution in [2.75, 3.05) is 30.3 Å². The first kappa shape index (κ1) is 15.5. The van der Waals surface area contributed by atoms with Crippen LogP contribution >= 0.6 is 0 Å². The van der Waals surface area contributed by atoms with Gasteiger partial charge in [-0.3, -0.25) is 10.1 Å². The van der Waals surface area contributed by atoms with E-state index in [0.717, 1.165) is 0 Å². The standard InChI is InChI=1S/C13H20N4O4/c1-3-14-11-5-4-10(17(19)20)12(16-11)15-8-13(18)6-7-21-9(13)2/h4-5,9,18H,3,6-8H2,1-2H3,(H2,14,15,16). The number of nitrogens with one attached hydrogen (secondary N) is 2. The van der Waals surface area contributed by atoms with E-state index in [1.807, 2.05) is 6.92 Å². The number of nitrogens with zero attached hydrogens (tertiary/aromatic N) is 2. The second kappa shape index (κ2) is 6.23. The molecule has 1 fully saturated rings. The maximum absolute atomic E-state index is 11.0. The molecule has 1 saturated heterocycles. The van der Waals surface area contributed by atoms with Crippen LogP contribution in [0, 0.1) is 10.1 Å². The summed E-state index contributed by atoms with van der Waals surface area (Å²) in [5.41, 5.74) is -1.16. The van der Waals surface area contributed by atoms with Gasteiger partial charge >= 0.3 is 5.69 Å².